The molecule has 0 aliphatic carbocycles. The highest BCUT2D eigenvalue weighted by Gasteiger charge is 2.18. The van der Waals surface area contributed by atoms with Crippen LogP contribution in [-0.2, 0) is 9.84 Å². The van der Waals surface area contributed by atoms with Gasteiger partial charge in [0.25, 0.3) is 0 Å². The Hall–Kier alpha value is -3.12. The van der Waals surface area contributed by atoms with Crippen LogP contribution >= 0.6 is 0 Å². The lowest BCUT2D eigenvalue weighted by Crippen LogP contribution is -1.96. The van der Waals surface area contributed by atoms with E-state index in [9.17, 15) is 8.42 Å². The van der Waals surface area contributed by atoms with Crippen molar-refractivity contribution in [3.05, 3.63) is 72.4 Å². The standard InChI is InChI=1S/C23H22N2O3S/c1-4-28-19-7-5-6-18(14-19)23-22(21-13-8-16(2)15-25(21)24-23)17-9-11-20(12-10-17)29(3,26)27/h5-15H,4H2,1-3H3. The summed E-state index contributed by atoms with van der Waals surface area (Å²) in [7, 11) is -3.25. The van der Waals surface area contributed by atoms with Gasteiger partial charge in [0.1, 0.15) is 11.4 Å². The SMILES string of the molecule is CCOc1cccc(-c2nn3cc(C)ccc3c2-c2ccc(S(C)(=O)=O)cc2)c1. The van der Waals surface area contributed by atoms with Crippen LogP contribution in [0, 0.1) is 6.92 Å². The molecule has 0 bridgehead atoms. The Morgan fingerprint density at radius 1 is 1.00 bits per heavy atom. The van der Waals surface area contributed by atoms with Crippen LogP contribution in [0.2, 0.25) is 0 Å². The first-order valence-electron chi connectivity index (χ1n) is 9.39. The number of benzene rings is 2. The highest BCUT2D eigenvalue weighted by atomic mass is 32.2. The second-order valence-electron chi connectivity index (χ2n) is 7.02. The molecule has 0 amide bonds. The smallest absolute Gasteiger partial charge is 0.175 e. The van der Waals surface area contributed by atoms with Crippen LogP contribution in [0.1, 0.15) is 12.5 Å². The largest absolute Gasteiger partial charge is 0.494 e. The lowest BCUT2D eigenvalue weighted by atomic mass is 9.99. The average molecular weight is 407 g/mol. The Balaban J connectivity index is 1.95. The van der Waals surface area contributed by atoms with E-state index in [1.54, 1.807) is 12.1 Å². The molecule has 0 radical (unpaired) electrons. The van der Waals surface area contributed by atoms with Crippen LogP contribution in [0.3, 0.4) is 0 Å². The van der Waals surface area contributed by atoms with E-state index in [0.29, 0.717) is 11.5 Å². The van der Waals surface area contributed by atoms with Crippen molar-refractivity contribution < 1.29 is 13.2 Å². The maximum absolute atomic E-state index is 11.8. The molecule has 4 rings (SSSR count). The molecule has 148 valence electrons. The molecule has 6 heteroatoms. The lowest BCUT2D eigenvalue weighted by Gasteiger charge is -2.08. The Morgan fingerprint density at radius 3 is 2.45 bits per heavy atom. The van der Waals surface area contributed by atoms with Gasteiger partial charge in [-0.05, 0) is 55.3 Å². The number of nitrogens with zero attached hydrogens (tertiary/aromatic N) is 2. The molecule has 0 spiro atoms. The zero-order chi connectivity index (χ0) is 20.6. The minimum absolute atomic E-state index is 0.300. The van der Waals surface area contributed by atoms with Gasteiger partial charge in [0.2, 0.25) is 0 Å². The molecule has 2 aromatic heterocycles. The Labute approximate surface area is 170 Å². The number of sulfone groups is 1. The van der Waals surface area contributed by atoms with Gasteiger partial charge in [-0.1, -0.05) is 30.3 Å². The third-order valence-electron chi connectivity index (χ3n) is 4.77. The van der Waals surface area contributed by atoms with Crippen molar-refractivity contribution in [2.45, 2.75) is 18.7 Å². The first-order chi connectivity index (χ1) is 13.9. The number of hydrogen-bond acceptors (Lipinski definition) is 4. The number of rotatable bonds is 5. The summed E-state index contributed by atoms with van der Waals surface area (Å²) < 4.78 is 31.2. The summed E-state index contributed by atoms with van der Waals surface area (Å²) in [6.45, 7) is 4.57. The molecule has 0 N–H and O–H groups in total. The van der Waals surface area contributed by atoms with Crippen molar-refractivity contribution in [3.8, 4) is 28.1 Å². The third kappa shape index (κ3) is 3.76. The highest BCUT2D eigenvalue weighted by Crippen LogP contribution is 2.36. The fourth-order valence-corrected chi connectivity index (χ4v) is 4.04. The maximum atomic E-state index is 11.8. The van der Waals surface area contributed by atoms with Gasteiger partial charge in [0.15, 0.2) is 9.84 Å². The molecule has 0 saturated heterocycles. The molecule has 4 aromatic rings. The van der Waals surface area contributed by atoms with Gasteiger partial charge in [-0.2, -0.15) is 5.10 Å². The van der Waals surface area contributed by atoms with Crippen LogP contribution in [0.15, 0.2) is 71.8 Å². The van der Waals surface area contributed by atoms with E-state index < -0.39 is 9.84 Å². The first kappa shape index (κ1) is 19.2. The highest BCUT2D eigenvalue weighted by molar-refractivity contribution is 7.90. The molecular formula is C23H22N2O3S. The van der Waals surface area contributed by atoms with Crippen LogP contribution in [0.5, 0.6) is 5.75 Å². The molecule has 0 atom stereocenters. The molecule has 0 saturated carbocycles. The van der Waals surface area contributed by atoms with E-state index in [2.05, 4.69) is 0 Å². The van der Waals surface area contributed by atoms with Crippen molar-refractivity contribution in [1.29, 1.82) is 0 Å². The normalized spacial score (nSPS) is 11.7. The summed E-state index contributed by atoms with van der Waals surface area (Å²) in [6, 6.07) is 18.9. The summed E-state index contributed by atoms with van der Waals surface area (Å²) in [5.41, 5.74) is 5.70. The topological polar surface area (TPSA) is 60.7 Å². The quantitative estimate of drug-likeness (QED) is 0.479. The number of aryl methyl sites for hydroxylation is 1. The van der Waals surface area contributed by atoms with Crippen molar-refractivity contribution in [2.75, 3.05) is 12.9 Å². The van der Waals surface area contributed by atoms with E-state index >= 15 is 0 Å². The fourth-order valence-electron chi connectivity index (χ4n) is 3.41. The third-order valence-corrected chi connectivity index (χ3v) is 5.90. The molecule has 29 heavy (non-hydrogen) atoms. The van der Waals surface area contributed by atoms with Crippen LogP contribution in [0.4, 0.5) is 0 Å². The zero-order valence-electron chi connectivity index (χ0n) is 16.6. The number of hydrogen-bond donors (Lipinski definition) is 0. The zero-order valence-corrected chi connectivity index (χ0v) is 17.4. The summed E-state index contributed by atoms with van der Waals surface area (Å²) in [4.78, 5) is 0.300. The molecule has 2 aromatic carbocycles. The second-order valence-corrected chi connectivity index (χ2v) is 9.03. The van der Waals surface area contributed by atoms with E-state index in [-0.39, 0.29) is 0 Å². The molecule has 2 heterocycles. The molecule has 0 aliphatic rings. The Kier molecular flexibility index (Phi) is 4.88. The second kappa shape index (κ2) is 7.37. The number of aromatic nitrogens is 2. The summed E-state index contributed by atoms with van der Waals surface area (Å²) in [6.07, 6.45) is 3.20. The van der Waals surface area contributed by atoms with Crippen molar-refractivity contribution in [2.24, 2.45) is 0 Å². The first-order valence-corrected chi connectivity index (χ1v) is 11.3. The molecule has 0 fully saturated rings. The predicted octanol–water partition coefficient (Wildman–Crippen LogP) is 4.78. The minimum atomic E-state index is -3.25. The van der Waals surface area contributed by atoms with Gasteiger partial charge in [-0.15, -0.1) is 0 Å². The minimum Gasteiger partial charge on any atom is -0.494 e. The van der Waals surface area contributed by atoms with Gasteiger partial charge in [-0.3, -0.25) is 0 Å². The van der Waals surface area contributed by atoms with Gasteiger partial charge in [0.05, 0.1) is 17.0 Å². The number of ether oxygens (including phenoxy) is 1. The average Bonchev–Trinajstić information content (AvgIpc) is 3.06. The predicted molar refractivity (Wildman–Crippen MR) is 115 cm³/mol. The van der Waals surface area contributed by atoms with Crippen molar-refractivity contribution in [3.63, 3.8) is 0 Å². The molecule has 0 unspecified atom stereocenters. The van der Waals surface area contributed by atoms with Crippen LogP contribution < -0.4 is 4.74 Å². The monoisotopic (exact) mass is 406 g/mol. The van der Waals surface area contributed by atoms with Crippen molar-refractivity contribution in [1.82, 2.24) is 9.61 Å². The fraction of sp³-hybridized carbons (Fsp3) is 0.174. The molecule has 5 nitrogen and oxygen atoms in total. The van der Waals surface area contributed by atoms with E-state index in [1.807, 2.05) is 73.1 Å². The summed E-state index contributed by atoms with van der Waals surface area (Å²) >= 11 is 0. The maximum Gasteiger partial charge on any atom is 0.175 e. The summed E-state index contributed by atoms with van der Waals surface area (Å²) in [5, 5.41) is 4.84. The Morgan fingerprint density at radius 2 is 1.76 bits per heavy atom. The van der Waals surface area contributed by atoms with Crippen molar-refractivity contribution >= 4 is 15.4 Å². The number of fused-ring (bicyclic) bond motifs is 1. The Bertz CT molecular complexity index is 1290. The van der Waals surface area contributed by atoms with Crippen LogP contribution in [0.25, 0.3) is 27.9 Å². The molecule has 0 aliphatic heterocycles. The van der Waals surface area contributed by atoms with E-state index in [4.69, 9.17) is 9.84 Å². The summed E-state index contributed by atoms with van der Waals surface area (Å²) in [5.74, 6) is 0.789. The van der Waals surface area contributed by atoms with Gasteiger partial charge < -0.3 is 4.74 Å². The van der Waals surface area contributed by atoms with Crippen LogP contribution in [-0.4, -0.2) is 30.9 Å². The lowest BCUT2D eigenvalue weighted by molar-refractivity contribution is 0.340. The van der Waals surface area contributed by atoms with Gasteiger partial charge in [0, 0.05) is 23.6 Å². The van der Waals surface area contributed by atoms with Gasteiger partial charge >= 0.3 is 0 Å². The van der Waals surface area contributed by atoms with E-state index in [1.165, 1.54) is 6.26 Å². The number of pyridine rings is 1. The molecular weight excluding hydrogens is 384 g/mol. The van der Waals surface area contributed by atoms with E-state index in [0.717, 1.165) is 39.2 Å². The van der Waals surface area contributed by atoms with Gasteiger partial charge in [-0.25, -0.2) is 12.9 Å².